The lowest BCUT2D eigenvalue weighted by molar-refractivity contribution is -0.143. The summed E-state index contributed by atoms with van der Waals surface area (Å²) in [6, 6.07) is 9.52. The van der Waals surface area contributed by atoms with Gasteiger partial charge < -0.3 is 4.74 Å². The van der Waals surface area contributed by atoms with Crippen molar-refractivity contribution in [2.45, 2.75) is 19.8 Å². The van der Waals surface area contributed by atoms with Crippen molar-refractivity contribution in [1.82, 2.24) is 0 Å². The number of hydrogen-bond acceptors (Lipinski definition) is 4. The van der Waals surface area contributed by atoms with Crippen LogP contribution in [-0.4, -0.2) is 19.1 Å². The minimum atomic E-state index is -0.182. The van der Waals surface area contributed by atoms with Crippen LogP contribution in [0.3, 0.4) is 0 Å². The molecule has 0 saturated carbocycles. The van der Waals surface area contributed by atoms with E-state index < -0.39 is 0 Å². The Morgan fingerprint density at radius 1 is 1.35 bits per heavy atom. The monoisotopic (exact) mass is 235 g/mol. The number of ether oxygens (including phenoxy) is 1. The molecule has 5 heteroatoms. The van der Waals surface area contributed by atoms with E-state index in [1.165, 1.54) is 0 Å². The molecule has 0 unspecified atom stereocenters. The van der Waals surface area contributed by atoms with Gasteiger partial charge in [-0.2, -0.15) is 5.11 Å². The number of rotatable bonds is 7. The van der Waals surface area contributed by atoms with Crippen LogP contribution in [0.25, 0.3) is 0 Å². The molecule has 0 saturated heterocycles. The van der Waals surface area contributed by atoms with E-state index in [2.05, 4.69) is 15.8 Å². The molecule has 0 bridgehead atoms. The molecule has 0 aliphatic rings. The first-order chi connectivity index (χ1) is 8.33. The highest BCUT2D eigenvalue weighted by molar-refractivity contribution is 5.69. The number of carbonyl (C=O) groups is 1. The molecular weight excluding hydrogens is 218 g/mol. The first kappa shape index (κ1) is 13.2. The molecule has 0 aliphatic heterocycles. The summed E-state index contributed by atoms with van der Waals surface area (Å²) < 4.78 is 4.91. The molecule has 1 N–H and O–H groups in total. The third-order valence-corrected chi connectivity index (χ3v) is 1.93. The quantitative estimate of drug-likeness (QED) is 0.342. The molecule has 0 fully saturated rings. The molecule has 0 amide bonds. The van der Waals surface area contributed by atoms with Crippen molar-refractivity contribution < 1.29 is 9.53 Å². The summed E-state index contributed by atoms with van der Waals surface area (Å²) in [5.41, 5.74) is 3.65. The fourth-order valence-electron chi connectivity index (χ4n) is 1.13. The van der Waals surface area contributed by atoms with E-state index in [-0.39, 0.29) is 12.6 Å². The first-order valence-corrected chi connectivity index (χ1v) is 5.66. The van der Waals surface area contributed by atoms with Gasteiger partial charge in [0.15, 0.2) is 0 Å². The van der Waals surface area contributed by atoms with Crippen molar-refractivity contribution in [3.05, 3.63) is 30.3 Å². The summed E-state index contributed by atoms with van der Waals surface area (Å²) in [6.07, 6.45) is 1.26. The highest BCUT2D eigenvalue weighted by atomic mass is 16.5. The Morgan fingerprint density at radius 3 is 2.82 bits per heavy atom. The molecular formula is C12H17N3O2. The summed E-state index contributed by atoms with van der Waals surface area (Å²) in [7, 11) is 0. The van der Waals surface area contributed by atoms with E-state index >= 15 is 0 Å². The van der Waals surface area contributed by atoms with Gasteiger partial charge in [0.05, 0.1) is 12.2 Å². The highest BCUT2D eigenvalue weighted by Gasteiger charge is 1.98. The Balaban J connectivity index is 2.09. The van der Waals surface area contributed by atoms with Crippen LogP contribution in [0.1, 0.15) is 19.8 Å². The van der Waals surface area contributed by atoms with Crippen molar-refractivity contribution >= 4 is 11.7 Å². The molecule has 5 nitrogen and oxygen atoms in total. The van der Waals surface area contributed by atoms with Crippen LogP contribution < -0.4 is 5.43 Å². The van der Waals surface area contributed by atoms with Gasteiger partial charge in [-0.25, -0.2) is 0 Å². The second-order valence-electron chi connectivity index (χ2n) is 3.41. The average molecular weight is 235 g/mol. The topological polar surface area (TPSA) is 63.0 Å². The molecule has 17 heavy (non-hydrogen) atoms. The number of nitrogens with zero attached hydrogens (tertiary/aromatic N) is 2. The summed E-state index contributed by atoms with van der Waals surface area (Å²) >= 11 is 0. The largest absolute Gasteiger partial charge is 0.464 e. The SMILES string of the molecule is CCCC(=O)OCCN=NNc1ccccc1. The summed E-state index contributed by atoms with van der Waals surface area (Å²) in [5, 5.41) is 7.60. The van der Waals surface area contributed by atoms with Gasteiger partial charge in [-0.15, -0.1) is 0 Å². The van der Waals surface area contributed by atoms with Crippen LogP contribution in [-0.2, 0) is 9.53 Å². The van der Waals surface area contributed by atoms with E-state index in [4.69, 9.17) is 4.74 Å². The van der Waals surface area contributed by atoms with Crippen molar-refractivity contribution in [2.75, 3.05) is 18.6 Å². The maximum absolute atomic E-state index is 11.0. The molecule has 1 rings (SSSR count). The van der Waals surface area contributed by atoms with Gasteiger partial charge in [0, 0.05) is 6.42 Å². The minimum absolute atomic E-state index is 0.182. The average Bonchev–Trinajstić information content (AvgIpc) is 2.35. The van der Waals surface area contributed by atoms with Crippen molar-refractivity contribution in [2.24, 2.45) is 10.3 Å². The molecule has 0 aliphatic carbocycles. The normalized spacial score (nSPS) is 10.4. The smallest absolute Gasteiger partial charge is 0.305 e. The van der Waals surface area contributed by atoms with Gasteiger partial charge in [0.1, 0.15) is 6.61 Å². The number of esters is 1. The molecule has 0 aromatic heterocycles. The van der Waals surface area contributed by atoms with E-state index in [9.17, 15) is 4.79 Å². The number of hydrogen-bond donors (Lipinski definition) is 1. The number of benzene rings is 1. The van der Waals surface area contributed by atoms with E-state index in [1.807, 2.05) is 37.3 Å². The molecule has 1 aromatic rings. The fourth-order valence-corrected chi connectivity index (χ4v) is 1.13. The molecule has 0 spiro atoms. The lowest BCUT2D eigenvalue weighted by atomic mass is 10.3. The minimum Gasteiger partial charge on any atom is -0.464 e. The van der Waals surface area contributed by atoms with Crippen molar-refractivity contribution in [1.29, 1.82) is 0 Å². The number of para-hydroxylation sites is 1. The zero-order valence-electron chi connectivity index (χ0n) is 9.93. The van der Waals surface area contributed by atoms with Crippen LogP contribution in [0, 0.1) is 0 Å². The van der Waals surface area contributed by atoms with Crippen molar-refractivity contribution in [3.8, 4) is 0 Å². The van der Waals surface area contributed by atoms with Crippen molar-refractivity contribution in [3.63, 3.8) is 0 Å². The Labute approximate surface area is 101 Å². The van der Waals surface area contributed by atoms with Gasteiger partial charge in [-0.3, -0.25) is 10.2 Å². The molecule has 1 aromatic carbocycles. The lowest BCUT2D eigenvalue weighted by Crippen LogP contribution is -2.06. The second kappa shape index (κ2) is 8.27. The first-order valence-electron chi connectivity index (χ1n) is 5.66. The summed E-state index contributed by atoms with van der Waals surface area (Å²) in [5.74, 6) is -0.182. The van der Waals surface area contributed by atoms with E-state index in [0.717, 1.165) is 12.1 Å². The van der Waals surface area contributed by atoms with Crippen LogP contribution in [0.2, 0.25) is 0 Å². The zero-order valence-corrected chi connectivity index (χ0v) is 9.93. The Bertz CT molecular complexity index is 352. The maximum atomic E-state index is 11.0. The molecule has 0 atom stereocenters. The zero-order chi connectivity index (χ0) is 12.3. The second-order valence-corrected chi connectivity index (χ2v) is 3.41. The predicted molar refractivity (Wildman–Crippen MR) is 65.7 cm³/mol. The molecule has 92 valence electrons. The number of anilines is 1. The Morgan fingerprint density at radius 2 is 2.12 bits per heavy atom. The summed E-state index contributed by atoms with van der Waals surface area (Å²) in [4.78, 5) is 11.0. The van der Waals surface area contributed by atoms with E-state index in [0.29, 0.717) is 13.0 Å². The Kier molecular flexibility index (Phi) is 6.40. The fraction of sp³-hybridized carbons (Fsp3) is 0.417. The van der Waals surface area contributed by atoms with E-state index in [1.54, 1.807) is 0 Å². The third-order valence-electron chi connectivity index (χ3n) is 1.93. The van der Waals surface area contributed by atoms with Crippen LogP contribution in [0.5, 0.6) is 0 Å². The van der Waals surface area contributed by atoms with Gasteiger partial charge in [0.25, 0.3) is 0 Å². The Hall–Kier alpha value is -1.91. The van der Waals surface area contributed by atoms with Crippen LogP contribution in [0.15, 0.2) is 40.7 Å². The number of carbonyl (C=O) groups excluding carboxylic acids is 1. The van der Waals surface area contributed by atoms with Crippen LogP contribution >= 0.6 is 0 Å². The lowest BCUT2D eigenvalue weighted by Gasteiger charge is -2.00. The maximum Gasteiger partial charge on any atom is 0.305 e. The van der Waals surface area contributed by atoms with Crippen LogP contribution in [0.4, 0.5) is 5.69 Å². The predicted octanol–water partition coefficient (Wildman–Crippen LogP) is 2.81. The van der Waals surface area contributed by atoms with Gasteiger partial charge in [-0.05, 0) is 18.6 Å². The van der Waals surface area contributed by atoms with Gasteiger partial charge in [0.2, 0.25) is 0 Å². The highest BCUT2D eigenvalue weighted by Crippen LogP contribution is 2.04. The summed E-state index contributed by atoms with van der Waals surface area (Å²) in [6.45, 7) is 2.58. The molecule has 0 heterocycles. The number of nitrogens with one attached hydrogen (secondary N) is 1. The van der Waals surface area contributed by atoms with Gasteiger partial charge >= 0.3 is 5.97 Å². The van der Waals surface area contributed by atoms with Gasteiger partial charge in [-0.1, -0.05) is 30.3 Å². The standard InChI is InChI=1S/C12H17N3O2/c1-2-6-12(16)17-10-9-13-15-14-11-7-4-3-5-8-11/h3-5,7-8H,2,6,9-10H2,1H3,(H,13,14). The molecule has 0 radical (unpaired) electrons. The third kappa shape index (κ3) is 6.29.